The normalized spacial score (nSPS) is 20.3. The van der Waals surface area contributed by atoms with Crippen molar-refractivity contribution >= 4 is 0 Å². The number of pyridine rings is 1. The van der Waals surface area contributed by atoms with Gasteiger partial charge in [0.15, 0.2) is 0 Å². The third-order valence-corrected chi connectivity index (χ3v) is 5.13. The summed E-state index contributed by atoms with van der Waals surface area (Å²) in [5.41, 5.74) is 1.34. The van der Waals surface area contributed by atoms with Gasteiger partial charge in [-0.2, -0.15) is 0 Å². The van der Waals surface area contributed by atoms with Gasteiger partial charge in [0.05, 0.1) is 17.2 Å². The molecule has 1 aromatic carbocycles. The fourth-order valence-electron chi connectivity index (χ4n) is 3.92. The van der Waals surface area contributed by atoms with Crippen molar-refractivity contribution in [2.24, 2.45) is 5.92 Å². The number of hydrogen-bond donors (Lipinski definition) is 1. The second kappa shape index (κ2) is 6.62. The zero-order chi connectivity index (χ0) is 15.4. The van der Waals surface area contributed by atoms with Crippen LogP contribution in [0, 0.1) is 5.92 Å². The van der Waals surface area contributed by atoms with E-state index in [1.54, 1.807) is 0 Å². The molecule has 1 aromatic heterocycles. The molecule has 0 radical (unpaired) electrons. The summed E-state index contributed by atoms with van der Waals surface area (Å²) in [6, 6.07) is 16.3. The quantitative estimate of drug-likeness (QED) is 0.898. The van der Waals surface area contributed by atoms with Crippen LogP contribution in [0.25, 0.3) is 0 Å². The molecule has 2 aromatic rings. The van der Waals surface area contributed by atoms with Crippen LogP contribution in [-0.2, 0) is 0 Å². The number of nitrogens with zero attached hydrogens (tertiary/aromatic N) is 1. The van der Waals surface area contributed by atoms with Gasteiger partial charge < -0.3 is 5.11 Å². The zero-order valence-electron chi connectivity index (χ0n) is 13.3. The van der Waals surface area contributed by atoms with E-state index in [0.29, 0.717) is 5.92 Å². The third kappa shape index (κ3) is 3.07. The monoisotopic (exact) mass is 295 g/mol. The lowest BCUT2D eigenvalue weighted by Crippen LogP contribution is -2.42. The zero-order valence-corrected chi connectivity index (χ0v) is 13.3. The molecule has 3 rings (SSSR count). The van der Waals surface area contributed by atoms with E-state index in [2.05, 4.69) is 17.1 Å². The first kappa shape index (κ1) is 15.2. The molecule has 0 saturated heterocycles. The molecule has 1 saturated carbocycles. The van der Waals surface area contributed by atoms with Gasteiger partial charge in [-0.1, -0.05) is 55.7 Å². The fourth-order valence-corrected chi connectivity index (χ4v) is 3.92. The molecule has 0 amide bonds. The summed E-state index contributed by atoms with van der Waals surface area (Å²) < 4.78 is 0. The van der Waals surface area contributed by atoms with E-state index in [-0.39, 0.29) is 5.92 Å². The summed E-state index contributed by atoms with van der Waals surface area (Å²) in [7, 11) is 0. The molecule has 1 aliphatic rings. The Hall–Kier alpha value is -1.67. The lowest BCUT2D eigenvalue weighted by atomic mass is 9.68. The smallest absolute Gasteiger partial charge is 0.0771 e. The SMILES string of the molecule is CC(O)(C1CCCCC1)C(c1ccccc1)c1ccccn1. The predicted octanol–water partition coefficient (Wildman–Crippen LogP) is 4.54. The second-order valence-electron chi connectivity index (χ2n) is 6.66. The molecule has 2 atom stereocenters. The first-order valence-electron chi connectivity index (χ1n) is 8.38. The summed E-state index contributed by atoms with van der Waals surface area (Å²) in [4.78, 5) is 4.56. The molecule has 1 N–H and O–H groups in total. The van der Waals surface area contributed by atoms with E-state index < -0.39 is 5.60 Å². The molecule has 22 heavy (non-hydrogen) atoms. The standard InChI is InChI=1S/C20H25NO/c1-20(22,17-12-6-3-7-13-17)19(16-10-4-2-5-11-16)18-14-8-9-15-21-18/h2,4-5,8-11,14-15,17,19,22H,3,6-7,12-13H2,1H3. The maximum Gasteiger partial charge on any atom is 0.0771 e. The molecule has 0 spiro atoms. The highest BCUT2D eigenvalue weighted by atomic mass is 16.3. The molecule has 2 nitrogen and oxygen atoms in total. The topological polar surface area (TPSA) is 33.1 Å². The largest absolute Gasteiger partial charge is 0.389 e. The minimum absolute atomic E-state index is 0.0713. The van der Waals surface area contributed by atoms with E-state index in [4.69, 9.17) is 0 Å². The van der Waals surface area contributed by atoms with Gasteiger partial charge in [-0.25, -0.2) is 0 Å². The number of rotatable bonds is 4. The molecule has 1 heterocycles. The summed E-state index contributed by atoms with van der Waals surface area (Å²) in [5.74, 6) is 0.270. The lowest BCUT2D eigenvalue weighted by molar-refractivity contribution is -0.0312. The molecular formula is C20H25NO. The van der Waals surface area contributed by atoms with Crippen molar-refractivity contribution in [2.75, 3.05) is 0 Å². The summed E-state index contributed by atoms with van der Waals surface area (Å²) in [6.45, 7) is 2.01. The van der Waals surface area contributed by atoms with Gasteiger partial charge >= 0.3 is 0 Å². The number of aromatic nitrogens is 1. The minimum atomic E-state index is -0.768. The Balaban J connectivity index is 2.01. The average Bonchev–Trinajstić information content (AvgIpc) is 2.58. The van der Waals surface area contributed by atoms with E-state index in [9.17, 15) is 5.11 Å². The molecule has 0 bridgehead atoms. The van der Waals surface area contributed by atoms with Crippen molar-refractivity contribution in [3.05, 3.63) is 66.0 Å². The van der Waals surface area contributed by atoms with Crippen molar-refractivity contribution in [3.63, 3.8) is 0 Å². The molecule has 2 heteroatoms. The maximum atomic E-state index is 11.5. The maximum absolute atomic E-state index is 11.5. The average molecular weight is 295 g/mol. The van der Waals surface area contributed by atoms with Gasteiger partial charge in [0.25, 0.3) is 0 Å². The Labute approximate surface area is 133 Å². The van der Waals surface area contributed by atoms with Crippen molar-refractivity contribution in [1.29, 1.82) is 0 Å². The highest BCUT2D eigenvalue weighted by molar-refractivity contribution is 5.32. The van der Waals surface area contributed by atoms with E-state index in [1.807, 2.05) is 49.5 Å². The van der Waals surface area contributed by atoms with Gasteiger partial charge in [-0.15, -0.1) is 0 Å². The van der Waals surface area contributed by atoms with Gasteiger partial charge in [0.2, 0.25) is 0 Å². The van der Waals surface area contributed by atoms with Crippen LogP contribution in [0.15, 0.2) is 54.7 Å². The highest BCUT2D eigenvalue weighted by Gasteiger charge is 2.42. The number of hydrogen-bond acceptors (Lipinski definition) is 2. The minimum Gasteiger partial charge on any atom is -0.389 e. The van der Waals surface area contributed by atoms with Crippen LogP contribution >= 0.6 is 0 Å². The van der Waals surface area contributed by atoms with Crippen LogP contribution in [0.5, 0.6) is 0 Å². The second-order valence-corrected chi connectivity index (χ2v) is 6.66. The van der Waals surface area contributed by atoms with Crippen LogP contribution in [0.1, 0.15) is 56.2 Å². The first-order chi connectivity index (χ1) is 10.7. The van der Waals surface area contributed by atoms with E-state index in [1.165, 1.54) is 19.3 Å². The van der Waals surface area contributed by atoms with Gasteiger partial charge in [0, 0.05) is 6.20 Å². The Morgan fingerprint density at radius 1 is 1.00 bits per heavy atom. The van der Waals surface area contributed by atoms with Crippen molar-refractivity contribution in [1.82, 2.24) is 4.98 Å². The van der Waals surface area contributed by atoms with E-state index >= 15 is 0 Å². The molecule has 116 valence electrons. The Kier molecular flexibility index (Phi) is 4.58. The number of aliphatic hydroxyl groups is 1. The third-order valence-electron chi connectivity index (χ3n) is 5.13. The first-order valence-corrected chi connectivity index (χ1v) is 8.38. The lowest BCUT2D eigenvalue weighted by Gasteiger charge is -2.41. The van der Waals surface area contributed by atoms with Crippen molar-refractivity contribution < 1.29 is 5.11 Å². The summed E-state index contributed by atoms with van der Waals surface area (Å²) >= 11 is 0. The molecular weight excluding hydrogens is 270 g/mol. The van der Waals surface area contributed by atoms with Crippen LogP contribution in [-0.4, -0.2) is 15.7 Å². The van der Waals surface area contributed by atoms with Gasteiger partial charge in [-0.05, 0) is 43.4 Å². The highest BCUT2D eigenvalue weighted by Crippen LogP contribution is 2.43. The van der Waals surface area contributed by atoms with Crippen LogP contribution < -0.4 is 0 Å². The van der Waals surface area contributed by atoms with Crippen LogP contribution in [0.2, 0.25) is 0 Å². The van der Waals surface area contributed by atoms with Crippen LogP contribution in [0.3, 0.4) is 0 Å². The predicted molar refractivity (Wildman–Crippen MR) is 89.7 cm³/mol. The Bertz CT molecular complexity index is 534. The summed E-state index contributed by atoms with van der Waals surface area (Å²) in [6.07, 6.45) is 7.80. The molecule has 2 unspecified atom stereocenters. The van der Waals surface area contributed by atoms with Gasteiger partial charge in [0.1, 0.15) is 0 Å². The van der Waals surface area contributed by atoms with Crippen LogP contribution in [0.4, 0.5) is 0 Å². The van der Waals surface area contributed by atoms with E-state index in [0.717, 1.165) is 24.1 Å². The molecule has 1 fully saturated rings. The molecule has 1 aliphatic carbocycles. The van der Waals surface area contributed by atoms with Crippen molar-refractivity contribution in [3.8, 4) is 0 Å². The van der Waals surface area contributed by atoms with Gasteiger partial charge in [-0.3, -0.25) is 4.98 Å². The molecule has 0 aliphatic heterocycles. The Morgan fingerprint density at radius 2 is 1.68 bits per heavy atom. The summed E-state index contributed by atoms with van der Waals surface area (Å²) in [5, 5.41) is 11.5. The Morgan fingerprint density at radius 3 is 2.32 bits per heavy atom. The number of benzene rings is 1. The fraction of sp³-hybridized carbons (Fsp3) is 0.450. The van der Waals surface area contributed by atoms with Crippen molar-refractivity contribution in [2.45, 2.75) is 50.5 Å².